The van der Waals surface area contributed by atoms with E-state index in [4.69, 9.17) is 0 Å². The van der Waals surface area contributed by atoms with Gasteiger partial charge >= 0.3 is 6.18 Å². The van der Waals surface area contributed by atoms with E-state index in [1.165, 1.54) is 4.88 Å². The van der Waals surface area contributed by atoms with Crippen molar-refractivity contribution in [2.24, 2.45) is 11.8 Å². The molecule has 0 aromatic carbocycles. The van der Waals surface area contributed by atoms with Crippen LogP contribution in [0.1, 0.15) is 41.5 Å². The molecule has 5 heteroatoms. The summed E-state index contributed by atoms with van der Waals surface area (Å²) in [6.07, 6.45) is -1.93. The highest BCUT2D eigenvalue weighted by atomic mass is 32.1. The van der Waals surface area contributed by atoms with Gasteiger partial charge in [-0.3, -0.25) is 0 Å². The topological polar surface area (TPSA) is 12.0 Å². The summed E-state index contributed by atoms with van der Waals surface area (Å²) in [4.78, 5) is 2.37. The van der Waals surface area contributed by atoms with Crippen LogP contribution in [-0.4, -0.2) is 13.2 Å². The standard InChI is InChI=1S/C14H20F3NS/c1-9-6-7-12(19-9)13(18-2)10-4-3-5-11(8-10)14(15,16)17/h6-7,10-11,13,18H,3-5,8H2,1-2H3. The van der Waals surface area contributed by atoms with Crippen molar-refractivity contribution >= 4 is 11.3 Å². The first-order chi connectivity index (χ1) is 8.91. The summed E-state index contributed by atoms with van der Waals surface area (Å²) < 4.78 is 38.6. The van der Waals surface area contributed by atoms with Gasteiger partial charge in [0.2, 0.25) is 0 Å². The Morgan fingerprint density at radius 3 is 2.58 bits per heavy atom. The molecule has 1 fully saturated rings. The number of hydrogen-bond donors (Lipinski definition) is 1. The Morgan fingerprint density at radius 2 is 2.05 bits per heavy atom. The molecule has 1 saturated carbocycles. The zero-order valence-electron chi connectivity index (χ0n) is 11.3. The van der Waals surface area contributed by atoms with Gasteiger partial charge < -0.3 is 5.32 Å². The fourth-order valence-electron chi connectivity index (χ4n) is 3.06. The van der Waals surface area contributed by atoms with Crippen molar-refractivity contribution in [1.82, 2.24) is 5.32 Å². The molecule has 1 nitrogen and oxygen atoms in total. The van der Waals surface area contributed by atoms with Crippen LogP contribution in [0.2, 0.25) is 0 Å². The van der Waals surface area contributed by atoms with E-state index >= 15 is 0 Å². The average molecular weight is 291 g/mol. The van der Waals surface area contributed by atoms with Crippen molar-refractivity contribution in [3.63, 3.8) is 0 Å². The molecule has 0 amide bonds. The van der Waals surface area contributed by atoms with Crippen LogP contribution in [0, 0.1) is 18.8 Å². The molecule has 1 aliphatic rings. The van der Waals surface area contributed by atoms with Gasteiger partial charge in [0.15, 0.2) is 0 Å². The Morgan fingerprint density at radius 1 is 1.32 bits per heavy atom. The zero-order valence-corrected chi connectivity index (χ0v) is 12.1. The van der Waals surface area contributed by atoms with Crippen molar-refractivity contribution < 1.29 is 13.2 Å². The second-order valence-corrected chi connectivity index (χ2v) is 6.70. The van der Waals surface area contributed by atoms with Crippen LogP contribution < -0.4 is 5.32 Å². The van der Waals surface area contributed by atoms with Crippen LogP contribution >= 0.6 is 11.3 Å². The zero-order chi connectivity index (χ0) is 14.0. The highest BCUT2D eigenvalue weighted by Crippen LogP contribution is 2.44. The fraction of sp³-hybridized carbons (Fsp3) is 0.714. The molecular weight excluding hydrogens is 271 g/mol. The van der Waals surface area contributed by atoms with Crippen LogP contribution in [0.3, 0.4) is 0 Å². The number of aryl methyl sites for hydroxylation is 1. The summed E-state index contributed by atoms with van der Waals surface area (Å²) in [5.41, 5.74) is 0. The number of hydrogen-bond acceptors (Lipinski definition) is 2. The van der Waals surface area contributed by atoms with Crippen molar-refractivity contribution in [2.75, 3.05) is 7.05 Å². The largest absolute Gasteiger partial charge is 0.391 e. The average Bonchev–Trinajstić information content (AvgIpc) is 2.76. The van der Waals surface area contributed by atoms with E-state index < -0.39 is 12.1 Å². The lowest BCUT2D eigenvalue weighted by atomic mass is 9.77. The molecule has 1 aromatic heterocycles. The first-order valence-electron chi connectivity index (χ1n) is 6.72. The molecule has 3 atom stereocenters. The number of rotatable bonds is 3. The molecule has 0 aliphatic heterocycles. The quantitative estimate of drug-likeness (QED) is 0.852. The van der Waals surface area contributed by atoms with Gasteiger partial charge in [0.25, 0.3) is 0 Å². The minimum absolute atomic E-state index is 0.0591. The number of nitrogens with one attached hydrogen (secondary N) is 1. The third kappa shape index (κ3) is 3.51. The predicted octanol–water partition coefficient (Wildman–Crippen LogP) is 4.69. The second kappa shape index (κ2) is 5.83. The molecule has 1 heterocycles. The summed E-state index contributed by atoms with van der Waals surface area (Å²) in [7, 11) is 1.84. The third-order valence-electron chi connectivity index (χ3n) is 4.03. The molecule has 0 spiro atoms. The Kier molecular flexibility index (Phi) is 4.56. The fourth-order valence-corrected chi connectivity index (χ4v) is 4.14. The lowest BCUT2D eigenvalue weighted by Crippen LogP contribution is -2.34. The second-order valence-electron chi connectivity index (χ2n) is 5.38. The molecule has 0 bridgehead atoms. The summed E-state index contributed by atoms with van der Waals surface area (Å²) >= 11 is 1.68. The van der Waals surface area contributed by atoms with E-state index in [0.717, 1.165) is 11.3 Å². The van der Waals surface area contributed by atoms with E-state index in [1.54, 1.807) is 11.3 Å². The van der Waals surface area contributed by atoms with E-state index in [1.807, 2.05) is 26.1 Å². The molecule has 2 rings (SSSR count). The maximum atomic E-state index is 12.9. The monoisotopic (exact) mass is 291 g/mol. The van der Waals surface area contributed by atoms with Crippen molar-refractivity contribution in [3.05, 3.63) is 21.9 Å². The highest BCUT2D eigenvalue weighted by molar-refractivity contribution is 7.12. The lowest BCUT2D eigenvalue weighted by molar-refractivity contribution is -0.186. The SMILES string of the molecule is CNC(c1ccc(C)s1)C1CCCC(C(F)(F)F)C1. The van der Waals surface area contributed by atoms with Crippen molar-refractivity contribution in [2.45, 2.75) is 44.8 Å². The Hall–Kier alpha value is -0.550. The van der Waals surface area contributed by atoms with Gasteiger partial charge in [0, 0.05) is 15.8 Å². The van der Waals surface area contributed by atoms with E-state index in [0.29, 0.717) is 12.8 Å². The minimum atomic E-state index is -4.04. The molecule has 108 valence electrons. The molecule has 1 aliphatic carbocycles. The predicted molar refractivity (Wildman–Crippen MR) is 72.4 cm³/mol. The molecule has 1 N–H and O–H groups in total. The van der Waals surface area contributed by atoms with Crippen LogP contribution in [0.5, 0.6) is 0 Å². The maximum absolute atomic E-state index is 12.9. The van der Waals surface area contributed by atoms with Crippen LogP contribution in [0.4, 0.5) is 13.2 Å². The van der Waals surface area contributed by atoms with Crippen LogP contribution in [0.25, 0.3) is 0 Å². The summed E-state index contributed by atoms with van der Waals surface area (Å²) in [5.74, 6) is -1.04. The van der Waals surface area contributed by atoms with E-state index in [2.05, 4.69) is 5.32 Å². The van der Waals surface area contributed by atoms with Crippen molar-refractivity contribution in [1.29, 1.82) is 0 Å². The summed E-state index contributed by atoms with van der Waals surface area (Å²) in [6, 6.07) is 4.14. The van der Waals surface area contributed by atoms with Gasteiger partial charge in [-0.2, -0.15) is 13.2 Å². The summed E-state index contributed by atoms with van der Waals surface area (Å²) in [5, 5.41) is 3.22. The summed E-state index contributed by atoms with van der Waals surface area (Å²) in [6.45, 7) is 2.03. The smallest absolute Gasteiger partial charge is 0.312 e. The highest BCUT2D eigenvalue weighted by Gasteiger charge is 2.43. The van der Waals surface area contributed by atoms with Crippen LogP contribution in [0.15, 0.2) is 12.1 Å². The third-order valence-corrected chi connectivity index (χ3v) is 5.11. The van der Waals surface area contributed by atoms with E-state index in [9.17, 15) is 13.2 Å². The van der Waals surface area contributed by atoms with E-state index in [-0.39, 0.29) is 18.4 Å². The van der Waals surface area contributed by atoms with Gasteiger partial charge in [0.05, 0.1) is 5.92 Å². The molecule has 1 aromatic rings. The number of alkyl halides is 3. The van der Waals surface area contributed by atoms with Gasteiger partial charge in [-0.05, 0) is 51.3 Å². The van der Waals surface area contributed by atoms with Crippen LogP contribution in [-0.2, 0) is 0 Å². The first kappa shape index (κ1) is 14.9. The van der Waals surface area contributed by atoms with Crippen molar-refractivity contribution in [3.8, 4) is 0 Å². The molecule has 0 saturated heterocycles. The Labute approximate surface area is 116 Å². The Bertz CT molecular complexity index is 413. The maximum Gasteiger partial charge on any atom is 0.391 e. The van der Waals surface area contributed by atoms with Gasteiger partial charge in [-0.25, -0.2) is 0 Å². The number of thiophene rings is 1. The molecule has 3 unspecified atom stereocenters. The van der Waals surface area contributed by atoms with Gasteiger partial charge in [-0.15, -0.1) is 11.3 Å². The molecule has 0 radical (unpaired) electrons. The van der Waals surface area contributed by atoms with Gasteiger partial charge in [0.1, 0.15) is 0 Å². The number of halogens is 3. The van der Waals surface area contributed by atoms with Gasteiger partial charge in [-0.1, -0.05) is 6.42 Å². The Balaban J connectivity index is 2.10. The lowest BCUT2D eigenvalue weighted by Gasteiger charge is -2.35. The normalized spacial score (nSPS) is 26.4. The first-order valence-corrected chi connectivity index (χ1v) is 7.53. The molecular formula is C14H20F3NS. The molecule has 19 heavy (non-hydrogen) atoms. The minimum Gasteiger partial charge on any atom is -0.312 e.